The SMILES string of the molecule is OC1CCCC1CCOc1c(F)cccc1F. The van der Waals surface area contributed by atoms with Gasteiger partial charge in [-0.2, -0.15) is 0 Å². The number of benzene rings is 1. The zero-order valence-corrected chi connectivity index (χ0v) is 9.53. The summed E-state index contributed by atoms with van der Waals surface area (Å²) in [5.74, 6) is -1.49. The van der Waals surface area contributed by atoms with Crippen LogP contribution in [0.4, 0.5) is 8.78 Å². The molecule has 2 rings (SSSR count). The predicted octanol–water partition coefficient (Wildman–Crippen LogP) is 2.89. The Morgan fingerprint density at radius 1 is 1.24 bits per heavy atom. The molecule has 4 heteroatoms. The highest BCUT2D eigenvalue weighted by molar-refractivity contribution is 5.25. The molecular weight excluding hydrogens is 226 g/mol. The number of ether oxygens (including phenoxy) is 1. The molecule has 94 valence electrons. The third kappa shape index (κ3) is 2.94. The van der Waals surface area contributed by atoms with Gasteiger partial charge in [0, 0.05) is 0 Å². The molecule has 0 saturated heterocycles. The normalized spacial score (nSPS) is 23.9. The molecule has 1 fully saturated rings. The fourth-order valence-corrected chi connectivity index (χ4v) is 2.29. The number of halogens is 2. The van der Waals surface area contributed by atoms with Crippen molar-refractivity contribution in [2.24, 2.45) is 5.92 Å². The first kappa shape index (κ1) is 12.3. The fraction of sp³-hybridized carbons (Fsp3) is 0.538. The molecule has 2 unspecified atom stereocenters. The zero-order chi connectivity index (χ0) is 12.3. The lowest BCUT2D eigenvalue weighted by Crippen LogP contribution is -2.16. The van der Waals surface area contributed by atoms with E-state index < -0.39 is 11.6 Å². The Morgan fingerprint density at radius 3 is 2.53 bits per heavy atom. The molecule has 2 atom stereocenters. The Hall–Kier alpha value is -1.16. The van der Waals surface area contributed by atoms with Crippen LogP contribution in [-0.4, -0.2) is 17.8 Å². The van der Waals surface area contributed by atoms with Gasteiger partial charge < -0.3 is 9.84 Å². The second-order valence-electron chi connectivity index (χ2n) is 4.45. The van der Waals surface area contributed by atoms with Crippen LogP contribution in [0.15, 0.2) is 18.2 Å². The van der Waals surface area contributed by atoms with Crippen LogP contribution in [0.2, 0.25) is 0 Å². The average molecular weight is 242 g/mol. The van der Waals surface area contributed by atoms with E-state index in [1.54, 1.807) is 0 Å². The van der Waals surface area contributed by atoms with Crippen molar-refractivity contribution in [3.05, 3.63) is 29.8 Å². The number of hydrogen-bond acceptors (Lipinski definition) is 2. The highest BCUT2D eigenvalue weighted by Crippen LogP contribution is 2.29. The monoisotopic (exact) mass is 242 g/mol. The quantitative estimate of drug-likeness (QED) is 0.879. The first-order valence-electron chi connectivity index (χ1n) is 5.93. The molecule has 1 aromatic rings. The van der Waals surface area contributed by atoms with Gasteiger partial charge in [-0.15, -0.1) is 0 Å². The molecule has 2 nitrogen and oxygen atoms in total. The number of hydrogen-bond donors (Lipinski definition) is 1. The summed E-state index contributed by atoms with van der Waals surface area (Å²) in [5, 5.41) is 9.59. The molecule has 1 aliphatic rings. The standard InChI is InChI=1S/C13H16F2O2/c14-10-4-2-5-11(15)13(10)17-8-7-9-3-1-6-12(9)16/h2,4-5,9,12,16H,1,3,6-8H2. The Morgan fingerprint density at radius 2 is 1.94 bits per heavy atom. The highest BCUT2D eigenvalue weighted by atomic mass is 19.1. The van der Waals surface area contributed by atoms with E-state index in [9.17, 15) is 13.9 Å². The summed E-state index contributed by atoms with van der Waals surface area (Å²) in [6, 6.07) is 3.64. The number of aliphatic hydroxyl groups is 1. The van der Waals surface area contributed by atoms with Crippen LogP contribution in [0.25, 0.3) is 0 Å². The summed E-state index contributed by atoms with van der Waals surface area (Å²) in [6.45, 7) is 0.236. The zero-order valence-electron chi connectivity index (χ0n) is 9.53. The van der Waals surface area contributed by atoms with Gasteiger partial charge in [0.15, 0.2) is 17.4 Å². The lowest BCUT2D eigenvalue weighted by atomic mass is 10.0. The van der Waals surface area contributed by atoms with Crippen LogP contribution in [0.5, 0.6) is 5.75 Å². The molecule has 1 N–H and O–H groups in total. The van der Waals surface area contributed by atoms with Crippen LogP contribution in [0.1, 0.15) is 25.7 Å². The highest BCUT2D eigenvalue weighted by Gasteiger charge is 2.25. The van der Waals surface area contributed by atoms with E-state index in [-0.39, 0.29) is 24.4 Å². The molecule has 0 amide bonds. The third-order valence-corrected chi connectivity index (χ3v) is 3.27. The Balaban J connectivity index is 1.86. The van der Waals surface area contributed by atoms with Gasteiger partial charge in [0.1, 0.15) is 0 Å². The van der Waals surface area contributed by atoms with E-state index >= 15 is 0 Å². The summed E-state index contributed by atoms with van der Waals surface area (Å²) in [7, 11) is 0. The molecule has 0 radical (unpaired) electrons. The van der Waals surface area contributed by atoms with Gasteiger partial charge in [-0.1, -0.05) is 12.5 Å². The molecule has 0 heterocycles. The van der Waals surface area contributed by atoms with E-state index in [0.29, 0.717) is 6.42 Å². The van der Waals surface area contributed by atoms with Crippen LogP contribution >= 0.6 is 0 Å². The minimum Gasteiger partial charge on any atom is -0.488 e. The maximum absolute atomic E-state index is 13.2. The summed E-state index contributed by atoms with van der Waals surface area (Å²) < 4.78 is 31.5. The second kappa shape index (κ2) is 5.45. The van der Waals surface area contributed by atoms with Gasteiger partial charge in [-0.25, -0.2) is 8.78 Å². The Kier molecular flexibility index (Phi) is 3.94. The van der Waals surface area contributed by atoms with Crippen LogP contribution in [0, 0.1) is 17.6 Å². The third-order valence-electron chi connectivity index (χ3n) is 3.27. The van der Waals surface area contributed by atoms with Crippen molar-refractivity contribution < 1.29 is 18.6 Å². The van der Waals surface area contributed by atoms with E-state index in [2.05, 4.69) is 0 Å². The first-order valence-corrected chi connectivity index (χ1v) is 5.93. The maximum Gasteiger partial charge on any atom is 0.190 e. The van der Waals surface area contributed by atoms with E-state index in [4.69, 9.17) is 4.74 Å². The van der Waals surface area contributed by atoms with Crippen LogP contribution in [-0.2, 0) is 0 Å². The van der Waals surface area contributed by atoms with Crippen molar-refractivity contribution in [1.29, 1.82) is 0 Å². The largest absolute Gasteiger partial charge is 0.488 e. The van der Waals surface area contributed by atoms with Crippen molar-refractivity contribution >= 4 is 0 Å². The molecular formula is C13H16F2O2. The topological polar surface area (TPSA) is 29.5 Å². The summed E-state index contributed by atoms with van der Waals surface area (Å²) in [6.07, 6.45) is 3.14. The first-order chi connectivity index (χ1) is 8.18. The summed E-state index contributed by atoms with van der Waals surface area (Å²) in [4.78, 5) is 0. The minimum atomic E-state index is -0.683. The van der Waals surface area contributed by atoms with Crippen molar-refractivity contribution in [1.82, 2.24) is 0 Å². The van der Waals surface area contributed by atoms with Gasteiger partial charge in [0.25, 0.3) is 0 Å². The minimum absolute atomic E-state index is 0.199. The Bertz CT molecular complexity index is 361. The molecule has 0 spiro atoms. The molecule has 17 heavy (non-hydrogen) atoms. The van der Waals surface area contributed by atoms with Crippen molar-refractivity contribution in [3.8, 4) is 5.75 Å². The van der Waals surface area contributed by atoms with Gasteiger partial charge in [0.05, 0.1) is 12.7 Å². The molecule has 0 bridgehead atoms. The van der Waals surface area contributed by atoms with E-state index in [1.807, 2.05) is 0 Å². The van der Waals surface area contributed by atoms with E-state index in [1.165, 1.54) is 18.2 Å². The van der Waals surface area contributed by atoms with Gasteiger partial charge >= 0.3 is 0 Å². The number of para-hydroxylation sites is 1. The molecule has 0 aliphatic heterocycles. The molecule has 1 saturated carbocycles. The maximum atomic E-state index is 13.2. The van der Waals surface area contributed by atoms with Crippen LogP contribution in [0.3, 0.4) is 0 Å². The summed E-state index contributed by atoms with van der Waals surface area (Å²) >= 11 is 0. The summed E-state index contributed by atoms with van der Waals surface area (Å²) in [5.41, 5.74) is 0. The smallest absolute Gasteiger partial charge is 0.190 e. The van der Waals surface area contributed by atoms with E-state index in [0.717, 1.165) is 19.3 Å². The number of rotatable bonds is 4. The van der Waals surface area contributed by atoms with Crippen LogP contribution < -0.4 is 4.74 Å². The Labute approximate surface area is 99.2 Å². The van der Waals surface area contributed by atoms with Gasteiger partial charge in [-0.3, -0.25) is 0 Å². The second-order valence-corrected chi connectivity index (χ2v) is 4.45. The van der Waals surface area contributed by atoms with Crippen molar-refractivity contribution in [2.45, 2.75) is 31.8 Å². The molecule has 1 aliphatic carbocycles. The number of aliphatic hydroxyl groups excluding tert-OH is 1. The molecule has 0 aromatic heterocycles. The lowest BCUT2D eigenvalue weighted by molar-refractivity contribution is 0.115. The fourth-order valence-electron chi connectivity index (χ4n) is 2.29. The van der Waals surface area contributed by atoms with Gasteiger partial charge in [0.2, 0.25) is 0 Å². The van der Waals surface area contributed by atoms with Gasteiger partial charge in [-0.05, 0) is 37.3 Å². The lowest BCUT2D eigenvalue weighted by Gasteiger charge is -2.15. The predicted molar refractivity (Wildman–Crippen MR) is 59.8 cm³/mol. The average Bonchev–Trinajstić information content (AvgIpc) is 2.69. The van der Waals surface area contributed by atoms with Crippen molar-refractivity contribution in [3.63, 3.8) is 0 Å². The molecule has 1 aromatic carbocycles. The van der Waals surface area contributed by atoms with Crippen molar-refractivity contribution in [2.75, 3.05) is 6.61 Å².